The Balaban J connectivity index is 1.38. The number of nitrogens with one attached hydrogen (secondary N) is 2. The molecule has 10 heteroatoms. The van der Waals surface area contributed by atoms with Gasteiger partial charge in [-0.25, -0.2) is 13.6 Å². The first-order valence-corrected chi connectivity index (χ1v) is 10.1. The molecule has 0 atom stereocenters. The molecule has 1 fully saturated rings. The number of ketones is 1. The Labute approximate surface area is 180 Å². The first-order valence-electron chi connectivity index (χ1n) is 10.1. The van der Waals surface area contributed by atoms with Gasteiger partial charge < -0.3 is 15.5 Å². The smallest absolute Gasteiger partial charge is 0.378 e. The average Bonchev–Trinajstić information content (AvgIpc) is 2.73. The number of Topliss-reactive ketones (excluding diaryl/α,β-unsaturated/α-hetero) is 1. The lowest BCUT2D eigenvalue weighted by Gasteiger charge is -2.45. The molecule has 0 aromatic heterocycles. The summed E-state index contributed by atoms with van der Waals surface area (Å²) in [5.41, 5.74) is -1.06. The van der Waals surface area contributed by atoms with Crippen molar-refractivity contribution < 1.29 is 31.5 Å². The van der Waals surface area contributed by atoms with E-state index < -0.39 is 41.5 Å². The zero-order valence-corrected chi connectivity index (χ0v) is 16.9. The number of benzene rings is 2. The number of alkyl halides is 3. The summed E-state index contributed by atoms with van der Waals surface area (Å²) in [7, 11) is 0. The Hall–Kier alpha value is -3.17. The van der Waals surface area contributed by atoms with Crippen LogP contribution >= 0.6 is 0 Å². The van der Waals surface area contributed by atoms with E-state index in [1.807, 2.05) is 0 Å². The molecule has 2 heterocycles. The summed E-state index contributed by atoms with van der Waals surface area (Å²) >= 11 is 0. The maximum absolute atomic E-state index is 13.4. The van der Waals surface area contributed by atoms with Gasteiger partial charge in [-0.2, -0.15) is 13.2 Å². The van der Waals surface area contributed by atoms with Crippen LogP contribution in [-0.4, -0.2) is 35.3 Å². The molecular weight excluding hydrogens is 433 g/mol. The van der Waals surface area contributed by atoms with Gasteiger partial charge in [0, 0.05) is 42.8 Å². The van der Waals surface area contributed by atoms with Gasteiger partial charge in [-0.3, -0.25) is 4.79 Å². The van der Waals surface area contributed by atoms with Crippen LogP contribution in [0.25, 0.3) is 0 Å². The van der Waals surface area contributed by atoms with Crippen LogP contribution in [0, 0.1) is 11.6 Å². The third-order valence-electron chi connectivity index (χ3n) is 6.00. The van der Waals surface area contributed by atoms with Crippen LogP contribution in [0.15, 0.2) is 36.4 Å². The molecule has 2 N–H and O–H groups in total. The van der Waals surface area contributed by atoms with Crippen LogP contribution in [-0.2, 0) is 12.7 Å². The molecule has 1 spiro atoms. The predicted molar refractivity (Wildman–Crippen MR) is 106 cm³/mol. The van der Waals surface area contributed by atoms with Crippen molar-refractivity contribution in [2.45, 2.75) is 37.5 Å². The van der Waals surface area contributed by atoms with E-state index in [1.165, 1.54) is 23.1 Å². The van der Waals surface area contributed by atoms with Gasteiger partial charge >= 0.3 is 12.2 Å². The van der Waals surface area contributed by atoms with Gasteiger partial charge in [-0.1, -0.05) is 6.07 Å². The minimum atomic E-state index is -4.74. The number of piperidine rings is 1. The minimum Gasteiger partial charge on any atom is -0.378 e. The number of nitrogens with zero attached hydrogens (tertiary/aromatic N) is 1. The fourth-order valence-electron chi connectivity index (χ4n) is 4.28. The lowest BCUT2D eigenvalue weighted by molar-refractivity contribution is -0.138. The fourth-order valence-corrected chi connectivity index (χ4v) is 4.28. The first kappa shape index (κ1) is 22.0. The summed E-state index contributed by atoms with van der Waals surface area (Å²) in [6, 6.07) is 5.77. The van der Waals surface area contributed by atoms with E-state index in [0.717, 1.165) is 12.1 Å². The van der Waals surface area contributed by atoms with Crippen molar-refractivity contribution in [2.75, 3.05) is 18.4 Å². The van der Waals surface area contributed by atoms with Gasteiger partial charge in [0.25, 0.3) is 0 Å². The zero-order chi connectivity index (χ0) is 23.1. The lowest BCUT2D eigenvalue weighted by Crippen LogP contribution is -2.55. The number of rotatable bonds is 2. The molecule has 32 heavy (non-hydrogen) atoms. The second-order valence-electron chi connectivity index (χ2n) is 8.14. The molecule has 2 aliphatic heterocycles. The van der Waals surface area contributed by atoms with Crippen LogP contribution in [0.1, 0.15) is 40.7 Å². The quantitative estimate of drug-likeness (QED) is 0.647. The highest BCUT2D eigenvalue weighted by Crippen LogP contribution is 2.38. The van der Waals surface area contributed by atoms with Crippen molar-refractivity contribution in [3.05, 3.63) is 64.7 Å². The highest BCUT2D eigenvalue weighted by atomic mass is 19.4. The van der Waals surface area contributed by atoms with E-state index in [0.29, 0.717) is 30.2 Å². The van der Waals surface area contributed by atoms with Crippen LogP contribution in [0.2, 0.25) is 0 Å². The molecule has 2 aromatic rings. The Morgan fingerprint density at radius 1 is 1.06 bits per heavy atom. The number of likely N-dealkylation sites (tertiary alicyclic amines) is 1. The summed E-state index contributed by atoms with van der Waals surface area (Å²) < 4.78 is 66.0. The molecule has 2 aromatic carbocycles. The number of anilines is 1. The largest absolute Gasteiger partial charge is 0.416 e. The zero-order valence-electron chi connectivity index (χ0n) is 16.9. The van der Waals surface area contributed by atoms with Gasteiger partial charge in [0.1, 0.15) is 11.6 Å². The van der Waals surface area contributed by atoms with E-state index >= 15 is 0 Å². The van der Waals surface area contributed by atoms with Gasteiger partial charge in [0.15, 0.2) is 5.78 Å². The summed E-state index contributed by atoms with van der Waals surface area (Å²) in [5.74, 6) is -1.67. The van der Waals surface area contributed by atoms with Gasteiger partial charge in [-0.05, 0) is 48.7 Å². The van der Waals surface area contributed by atoms with E-state index in [4.69, 9.17) is 0 Å². The highest BCUT2D eigenvalue weighted by molar-refractivity contribution is 6.04. The Kier molecular flexibility index (Phi) is 5.56. The molecule has 170 valence electrons. The molecule has 0 radical (unpaired) electrons. The van der Waals surface area contributed by atoms with E-state index in [-0.39, 0.29) is 30.9 Å². The van der Waals surface area contributed by atoms with Gasteiger partial charge in [0.05, 0.1) is 5.56 Å². The van der Waals surface area contributed by atoms with Crippen molar-refractivity contribution in [2.24, 2.45) is 0 Å². The number of hydrogen-bond acceptors (Lipinski definition) is 3. The third kappa shape index (κ3) is 4.39. The van der Waals surface area contributed by atoms with Crippen molar-refractivity contribution in [1.82, 2.24) is 10.2 Å². The summed E-state index contributed by atoms with van der Waals surface area (Å²) in [4.78, 5) is 26.5. The molecule has 1 saturated heterocycles. The van der Waals surface area contributed by atoms with Crippen molar-refractivity contribution in [3.63, 3.8) is 0 Å². The molecule has 2 aliphatic rings. The number of carbonyl (C=O) groups excluding carboxylic acids is 2. The number of fused-ring (bicyclic) bond motifs is 1. The number of amides is 2. The second kappa shape index (κ2) is 8.07. The van der Waals surface area contributed by atoms with Gasteiger partial charge in [-0.15, -0.1) is 0 Å². The highest BCUT2D eigenvalue weighted by Gasteiger charge is 2.41. The topological polar surface area (TPSA) is 61.4 Å². The standard InChI is InChI=1S/C22H20F5N3O2/c23-14-3-4-18-16(9-14)19(31)11-21(29-18)5-7-30(8-6-21)20(32)28-12-13-1-2-15(24)10-17(13)22(25,26)27/h1-4,9-10,29H,5-8,11-12H2,(H,28,32). The number of carbonyl (C=O) groups is 2. The van der Waals surface area contributed by atoms with Crippen molar-refractivity contribution in [3.8, 4) is 0 Å². The maximum Gasteiger partial charge on any atom is 0.416 e. The van der Waals surface area contributed by atoms with Crippen LogP contribution in [0.4, 0.5) is 32.4 Å². The maximum atomic E-state index is 13.4. The summed E-state index contributed by atoms with van der Waals surface area (Å²) in [6.45, 7) is 0.182. The molecule has 2 amide bonds. The molecule has 5 nitrogen and oxygen atoms in total. The van der Waals surface area contributed by atoms with Crippen molar-refractivity contribution >= 4 is 17.5 Å². The van der Waals surface area contributed by atoms with Crippen molar-refractivity contribution in [1.29, 1.82) is 0 Å². The average molecular weight is 453 g/mol. The predicted octanol–water partition coefficient (Wildman–Crippen LogP) is 4.73. The van der Waals surface area contributed by atoms with Crippen LogP contribution in [0.5, 0.6) is 0 Å². The molecule has 0 saturated carbocycles. The first-order chi connectivity index (χ1) is 15.1. The lowest BCUT2D eigenvalue weighted by atomic mass is 9.78. The number of urea groups is 1. The van der Waals surface area contributed by atoms with Crippen LogP contribution < -0.4 is 10.6 Å². The molecule has 0 unspecified atom stereocenters. The minimum absolute atomic E-state index is 0.170. The normalized spacial score (nSPS) is 17.7. The molecular formula is C22H20F5N3O2. The number of halogens is 5. The van der Waals surface area contributed by atoms with E-state index in [9.17, 15) is 31.5 Å². The molecule has 0 bridgehead atoms. The van der Waals surface area contributed by atoms with Gasteiger partial charge in [0.2, 0.25) is 0 Å². The second-order valence-corrected chi connectivity index (χ2v) is 8.14. The third-order valence-corrected chi connectivity index (χ3v) is 6.00. The number of hydrogen-bond donors (Lipinski definition) is 2. The van der Waals surface area contributed by atoms with E-state index in [2.05, 4.69) is 10.6 Å². The fraction of sp³-hybridized carbons (Fsp3) is 0.364. The Morgan fingerprint density at radius 3 is 2.41 bits per heavy atom. The summed E-state index contributed by atoms with van der Waals surface area (Å²) in [6.07, 6.45) is -3.66. The Bertz CT molecular complexity index is 1060. The monoisotopic (exact) mass is 453 g/mol. The molecule has 4 rings (SSSR count). The van der Waals surface area contributed by atoms with Crippen LogP contribution in [0.3, 0.4) is 0 Å². The summed E-state index contributed by atoms with van der Waals surface area (Å²) in [5, 5.41) is 5.77. The molecule has 0 aliphatic carbocycles. The van der Waals surface area contributed by atoms with E-state index in [1.54, 1.807) is 0 Å². The Morgan fingerprint density at radius 2 is 1.72 bits per heavy atom. The SMILES string of the molecule is O=C1CC2(CCN(C(=O)NCc3ccc(F)cc3C(F)(F)F)CC2)Nc2ccc(F)cc21.